The number of hydrogen-bond acceptors (Lipinski definition) is 6. The van der Waals surface area contributed by atoms with Crippen molar-refractivity contribution in [3.05, 3.63) is 83.9 Å². The third-order valence-electron chi connectivity index (χ3n) is 6.62. The average Bonchev–Trinajstić information content (AvgIpc) is 3.70. The van der Waals surface area contributed by atoms with Gasteiger partial charge in [0.2, 0.25) is 5.91 Å². The van der Waals surface area contributed by atoms with Gasteiger partial charge in [-0.3, -0.25) is 9.69 Å². The van der Waals surface area contributed by atoms with Crippen LogP contribution in [0.15, 0.2) is 72.0 Å². The summed E-state index contributed by atoms with van der Waals surface area (Å²) < 4.78 is 57.3. The fraction of sp³-hybridized carbons (Fsp3) is 0.179. The number of fused-ring (bicyclic) bond motifs is 1. The van der Waals surface area contributed by atoms with E-state index in [1.165, 1.54) is 45.7 Å². The van der Waals surface area contributed by atoms with E-state index in [2.05, 4.69) is 25.1 Å². The van der Waals surface area contributed by atoms with Gasteiger partial charge in [-0.15, -0.1) is 18.3 Å². The minimum absolute atomic E-state index is 0.130. The number of thioether (sulfide) groups is 1. The van der Waals surface area contributed by atoms with Crippen LogP contribution in [0.1, 0.15) is 17.5 Å². The van der Waals surface area contributed by atoms with Gasteiger partial charge in [-0.25, -0.2) is 18.9 Å². The topological polar surface area (TPSA) is 102 Å². The molecule has 2 aliphatic rings. The monoisotopic (exact) mass is 596 g/mol. The lowest BCUT2D eigenvalue weighted by molar-refractivity contribution is -0.274. The number of benzene rings is 3. The molecule has 3 amide bonds. The Morgan fingerprint density at radius 3 is 2.64 bits per heavy atom. The number of hydrogen-bond donors (Lipinski definition) is 1. The minimum Gasteiger partial charge on any atom is -0.406 e. The fourth-order valence-electron chi connectivity index (χ4n) is 4.80. The molecule has 14 heteroatoms. The Morgan fingerprint density at radius 1 is 1.07 bits per heavy atom. The van der Waals surface area contributed by atoms with Crippen molar-refractivity contribution in [2.45, 2.75) is 25.6 Å². The van der Waals surface area contributed by atoms with Crippen LogP contribution in [0.2, 0.25) is 0 Å². The maximum atomic E-state index is 15.0. The molecule has 2 heterocycles. The number of rotatable bonds is 5. The van der Waals surface area contributed by atoms with Crippen molar-refractivity contribution in [3.63, 3.8) is 0 Å². The molecule has 0 radical (unpaired) electrons. The summed E-state index contributed by atoms with van der Waals surface area (Å²) in [6, 6.07) is 13.9. The Labute approximate surface area is 240 Å². The third kappa shape index (κ3) is 5.70. The van der Waals surface area contributed by atoms with Gasteiger partial charge in [0, 0.05) is 5.56 Å². The van der Waals surface area contributed by atoms with Crippen molar-refractivity contribution in [2.24, 2.45) is 4.99 Å². The standard InChI is InChI=1S/C28H20F4N6O3S/c29-21-13-17(25-33-15-37(36-25)18-8-10-19(11-9-18)41-28(30,31)32)7-12-22(21)34-26(40)35-27-38(24(39)14-42-27)23-6-2-4-16-3-1-5-20(16)23/h2,4,6-13,15H,1,3,5,14H2,(H,34,40)/b35-27-. The summed E-state index contributed by atoms with van der Waals surface area (Å²) in [5, 5.41) is 6.89. The predicted molar refractivity (Wildman–Crippen MR) is 148 cm³/mol. The molecule has 3 aromatic carbocycles. The predicted octanol–water partition coefficient (Wildman–Crippen LogP) is 6.13. The summed E-state index contributed by atoms with van der Waals surface area (Å²) in [6.07, 6.45) is -0.709. The number of aliphatic imine (C=N–C) groups is 1. The molecule has 42 heavy (non-hydrogen) atoms. The number of nitrogens with zero attached hydrogens (tertiary/aromatic N) is 5. The highest BCUT2D eigenvalue weighted by Crippen LogP contribution is 2.35. The zero-order valence-corrected chi connectivity index (χ0v) is 22.4. The summed E-state index contributed by atoms with van der Waals surface area (Å²) in [4.78, 5) is 35.1. The summed E-state index contributed by atoms with van der Waals surface area (Å²) >= 11 is 1.14. The number of urea groups is 1. The van der Waals surface area contributed by atoms with Crippen LogP contribution in [0.25, 0.3) is 17.1 Å². The number of anilines is 2. The van der Waals surface area contributed by atoms with Gasteiger partial charge < -0.3 is 10.1 Å². The Balaban J connectivity index is 1.16. The van der Waals surface area contributed by atoms with E-state index in [0.29, 0.717) is 11.3 Å². The first-order valence-corrected chi connectivity index (χ1v) is 13.7. The number of amides is 3. The third-order valence-corrected chi connectivity index (χ3v) is 7.54. The molecule has 1 aliphatic heterocycles. The van der Waals surface area contributed by atoms with Crippen LogP contribution in [0.3, 0.4) is 0 Å². The summed E-state index contributed by atoms with van der Waals surface area (Å²) in [5.74, 6) is -1.04. The van der Waals surface area contributed by atoms with E-state index >= 15 is 0 Å². The number of ether oxygens (including phenoxy) is 1. The lowest BCUT2D eigenvalue weighted by Crippen LogP contribution is -2.31. The van der Waals surface area contributed by atoms with Crippen LogP contribution in [0, 0.1) is 5.82 Å². The summed E-state index contributed by atoms with van der Waals surface area (Å²) in [5.41, 5.74) is 3.55. The molecule has 1 saturated heterocycles. The Hall–Kier alpha value is -4.72. The fourth-order valence-corrected chi connectivity index (χ4v) is 5.66. The number of carbonyl (C=O) groups is 2. The van der Waals surface area contributed by atoms with Gasteiger partial charge in [-0.05, 0) is 78.9 Å². The van der Waals surface area contributed by atoms with Crippen molar-refractivity contribution in [1.29, 1.82) is 0 Å². The first-order chi connectivity index (χ1) is 20.1. The largest absolute Gasteiger partial charge is 0.573 e. The van der Waals surface area contributed by atoms with Crippen molar-refractivity contribution in [3.8, 4) is 22.8 Å². The first kappa shape index (κ1) is 27.4. The number of halogens is 4. The average molecular weight is 597 g/mol. The van der Waals surface area contributed by atoms with Gasteiger partial charge in [0.15, 0.2) is 11.0 Å². The number of alkyl halides is 3. The molecule has 0 spiro atoms. The molecule has 0 bridgehead atoms. The van der Waals surface area contributed by atoms with Crippen LogP contribution in [0.4, 0.5) is 33.7 Å². The highest BCUT2D eigenvalue weighted by Gasteiger charge is 2.33. The van der Waals surface area contributed by atoms with E-state index in [9.17, 15) is 27.2 Å². The molecule has 4 aromatic rings. The molecule has 214 valence electrons. The number of aromatic nitrogens is 3. The van der Waals surface area contributed by atoms with Crippen LogP contribution in [0.5, 0.6) is 5.75 Å². The van der Waals surface area contributed by atoms with Crippen molar-refractivity contribution in [1.82, 2.24) is 14.8 Å². The second-order valence-corrected chi connectivity index (χ2v) is 10.3. The molecule has 0 atom stereocenters. The van der Waals surface area contributed by atoms with Gasteiger partial charge in [-0.1, -0.05) is 23.9 Å². The van der Waals surface area contributed by atoms with Crippen LogP contribution >= 0.6 is 11.8 Å². The molecular formula is C28H20F4N6O3S. The second-order valence-electron chi connectivity index (χ2n) is 9.36. The van der Waals surface area contributed by atoms with E-state index in [-0.39, 0.29) is 34.1 Å². The van der Waals surface area contributed by atoms with Gasteiger partial charge >= 0.3 is 12.4 Å². The molecule has 6 rings (SSSR count). The Morgan fingerprint density at radius 2 is 1.88 bits per heavy atom. The highest BCUT2D eigenvalue weighted by molar-refractivity contribution is 8.15. The van der Waals surface area contributed by atoms with Gasteiger partial charge in [0.1, 0.15) is 17.9 Å². The maximum Gasteiger partial charge on any atom is 0.573 e. The molecule has 1 aromatic heterocycles. The lowest BCUT2D eigenvalue weighted by atomic mass is 10.1. The normalized spacial score (nSPS) is 15.8. The lowest BCUT2D eigenvalue weighted by Gasteiger charge is -2.19. The van der Waals surface area contributed by atoms with Crippen LogP contribution in [-0.2, 0) is 17.6 Å². The SMILES string of the molecule is O=C(/N=C1\SCC(=O)N1c1cccc2c1CCC2)Nc1ccc(-c2ncn(-c3ccc(OC(F)(F)F)cc3)n2)cc1F. The Kier molecular flexibility index (Phi) is 7.14. The van der Waals surface area contributed by atoms with Gasteiger partial charge in [0.05, 0.1) is 22.8 Å². The zero-order valence-electron chi connectivity index (χ0n) is 21.6. The van der Waals surface area contributed by atoms with E-state index in [1.54, 1.807) is 0 Å². The Bertz CT molecular complexity index is 1720. The summed E-state index contributed by atoms with van der Waals surface area (Å²) in [7, 11) is 0. The zero-order chi connectivity index (χ0) is 29.4. The molecule has 0 saturated carbocycles. The van der Waals surface area contributed by atoms with Crippen LogP contribution in [-0.4, -0.2) is 44.0 Å². The van der Waals surface area contributed by atoms with Gasteiger partial charge in [-0.2, -0.15) is 4.99 Å². The van der Waals surface area contributed by atoms with E-state index in [0.717, 1.165) is 60.5 Å². The second kappa shape index (κ2) is 10.9. The highest BCUT2D eigenvalue weighted by atomic mass is 32.2. The maximum absolute atomic E-state index is 15.0. The smallest absolute Gasteiger partial charge is 0.406 e. The molecular weight excluding hydrogens is 576 g/mol. The number of nitrogens with one attached hydrogen (secondary N) is 1. The van der Waals surface area contributed by atoms with Gasteiger partial charge in [0.25, 0.3) is 0 Å². The number of amidine groups is 1. The number of aryl methyl sites for hydroxylation is 1. The molecule has 9 nitrogen and oxygen atoms in total. The van der Waals surface area contributed by atoms with Crippen molar-refractivity contribution < 1.29 is 31.9 Å². The molecule has 1 N–H and O–H groups in total. The van der Waals surface area contributed by atoms with E-state index < -0.39 is 18.2 Å². The van der Waals surface area contributed by atoms with E-state index in [1.807, 2.05) is 18.2 Å². The van der Waals surface area contributed by atoms with Crippen molar-refractivity contribution in [2.75, 3.05) is 16.0 Å². The first-order valence-electron chi connectivity index (χ1n) is 12.7. The molecule has 1 fully saturated rings. The molecule has 1 aliphatic carbocycles. The molecule has 0 unspecified atom stereocenters. The quantitative estimate of drug-likeness (QED) is 0.278. The van der Waals surface area contributed by atoms with Crippen molar-refractivity contribution >= 4 is 40.2 Å². The number of carbonyl (C=O) groups excluding carboxylic acids is 2. The summed E-state index contributed by atoms with van der Waals surface area (Å²) in [6.45, 7) is 0. The van der Waals surface area contributed by atoms with E-state index in [4.69, 9.17) is 0 Å². The minimum atomic E-state index is -4.80. The van der Waals surface area contributed by atoms with Crippen LogP contribution < -0.4 is 15.0 Å².